The zero-order valence-corrected chi connectivity index (χ0v) is 19.5. The number of fused-ring (bicyclic) bond motifs is 3. The largest absolute Gasteiger partial charge is 0.413 e. The normalized spacial score (nSPS) is 18.9. The number of nitrogens with zero attached hydrogens (tertiary/aromatic N) is 5. The molecule has 2 aliphatic rings. The highest BCUT2D eigenvalue weighted by Gasteiger charge is 2.47. The van der Waals surface area contributed by atoms with E-state index in [9.17, 15) is 22.8 Å². The highest BCUT2D eigenvalue weighted by Crippen LogP contribution is 2.39. The van der Waals surface area contributed by atoms with Gasteiger partial charge in [0.05, 0.1) is 17.6 Å². The Morgan fingerprint density at radius 3 is 2.66 bits per heavy atom. The van der Waals surface area contributed by atoms with Gasteiger partial charge in [0.1, 0.15) is 6.04 Å². The molecule has 0 saturated carbocycles. The zero-order chi connectivity index (χ0) is 24.9. The highest BCUT2D eigenvalue weighted by atomic mass is 35.5. The lowest BCUT2D eigenvalue weighted by Crippen LogP contribution is -2.47. The molecule has 12 heteroatoms. The van der Waals surface area contributed by atoms with Crippen LogP contribution < -0.4 is 10.2 Å². The molecule has 0 spiro atoms. The number of nitrogens with one attached hydrogen (secondary N) is 1. The molecule has 2 amide bonds. The fraction of sp³-hybridized carbons (Fsp3) is 0.391. The lowest BCUT2D eigenvalue weighted by atomic mass is 10.0. The molecule has 1 fully saturated rings. The minimum Gasteiger partial charge on any atom is -0.344 e. The fourth-order valence-electron chi connectivity index (χ4n) is 4.84. The number of alkyl halides is 3. The third-order valence-electron chi connectivity index (χ3n) is 6.48. The van der Waals surface area contributed by atoms with Gasteiger partial charge in [0.25, 0.3) is 0 Å². The van der Waals surface area contributed by atoms with E-state index in [1.807, 2.05) is 4.90 Å². The van der Waals surface area contributed by atoms with Gasteiger partial charge in [-0.05, 0) is 37.0 Å². The Morgan fingerprint density at radius 2 is 2.00 bits per heavy atom. The third-order valence-corrected chi connectivity index (χ3v) is 6.66. The van der Waals surface area contributed by atoms with Gasteiger partial charge in [0.15, 0.2) is 16.8 Å². The molecule has 0 unspecified atom stereocenters. The summed E-state index contributed by atoms with van der Waals surface area (Å²) in [5, 5.41) is 7.07. The molecule has 2 aliphatic heterocycles. The van der Waals surface area contributed by atoms with Crippen molar-refractivity contribution in [3.63, 3.8) is 0 Å². The second-order valence-corrected chi connectivity index (χ2v) is 9.11. The summed E-state index contributed by atoms with van der Waals surface area (Å²) in [6.07, 6.45) is -1.08. The lowest BCUT2D eigenvalue weighted by Gasteiger charge is -2.33. The van der Waals surface area contributed by atoms with Crippen LogP contribution in [0.3, 0.4) is 0 Å². The van der Waals surface area contributed by atoms with Gasteiger partial charge in [-0.2, -0.15) is 18.3 Å². The molecule has 0 bridgehead atoms. The first-order valence-electron chi connectivity index (χ1n) is 11.2. The maximum atomic E-state index is 14.1. The molecule has 5 rings (SSSR count). The number of hydrogen-bond donors (Lipinski definition) is 1. The number of carbonyl (C=O) groups excluding carboxylic acids is 2. The van der Waals surface area contributed by atoms with E-state index in [-0.39, 0.29) is 24.3 Å². The first kappa shape index (κ1) is 23.4. The third kappa shape index (κ3) is 4.29. The number of carbonyl (C=O) groups is 2. The van der Waals surface area contributed by atoms with Crippen molar-refractivity contribution in [1.29, 1.82) is 0 Å². The number of benzene rings is 1. The summed E-state index contributed by atoms with van der Waals surface area (Å²) in [6, 6.07) is 4.58. The van der Waals surface area contributed by atoms with Gasteiger partial charge < -0.3 is 15.1 Å². The Bertz CT molecular complexity index is 1290. The van der Waals surface area contributed by atoms with Crippen molar-refractivity contribution >= 4 is 40.4 Å². The number of hydrogen-bond acceptors (Lipinski definition) is 5. The molecule has 1 N–H and O–H groups in total. The standard InChI is InChI=1S/C23H22ClF3N6O2/c1-31(22(35)15-8-9-20(34)29-15)21(23(25,26)27)13-4-6-14(7-5-13)32-10-2-3-16-17(32)12-28-19-11-18(24)30-33(16)19/h4-7,11-12,15,21H,2-3,8-10H2,1H3,(H,29,34)/t15-,21+/m1/s1. The SMILES string of the molecule is CN(C(=O)[C@H]1CCC(=O)N1)[C@@H](c1ccc(N2CCCc3c2cnc2cc(Cl)nn32)cc1)C(F)(F)F. The molecule has 3 aromatic rings. The molecule has 184 valence electrons. The molecular weight excluding hydrogens is 485 g/mol. The summed E-state index contributed by atoms with van der Waals surface area (Å²) in [4.78, 5) is 31.2. The Labute approximate surface area is 203 Å². The molecule has 35 heavy (non-hydrogen) atoms. The van der Waals surface area contributed by atoms with Crippen LogP contribution >= 0.6 is 11.6 Å². The van der Waals surface area contributed by atoms with E-state index in [0.29, 0.717) is 27.9 Å². The van der Waals surface area contributed by atoms with E-state index in [2.05, 4.69) is 15.4 Å². The van der Waals surface area contributed by atoms with Crippen LogP contribution in [0.25, 0.3) is 5.65 Å². The Hall–Kier alpha value is -3.34. The second-order valence-electron chi connectivity index (χ2n) is 8.73. The number of halogens is 4. The predicted molar refractivity (Wildman–Crippen MR) is 122 cm³/mol. The van der Waals surface area contributed by atoms with Crippen LogP contribution in [0, 0.1) is 0 Å². The van der Waals surface area contributed by atoms with Crippen molar-refractivity contribution in [2.75, 3.05) is 18.5 Å². The van der Waals surface area contributed by atoms with Crippen LogP contribution in [0.15, 0.2) is 36.5 Å². The first-order valence-corrected chi connectivity index (χ1v) is 11.5. The average molecular weight is 507 g/mol. The van der Waals surface area contributed by atoms with Gasteiger partial charge in [0, 0.05) is 31.8 Å². The Morgan fingerprint density at radius 1 is 1.26 bits per heavy atom. The Kier molecular flexibility index (Phi) is 5.82. The average Bonchev–Trinajstić information content (AvgIpc) is 3.42. The highest BCUT2D eigenvalue weighted by molar-refractivity contribution is 6.29. The molecule has 0 aliphatic carbocycles. The smallest absolute Gasteiger partial charge is 0.344 e. The van der Waals surface area contributed by atoms with Crippen molar-refractivity contribution in [1.82, 2.24) is 24.8 Å². The van der Waals surface area contributed by atoms with E-state index in [1.165, 1.54) is 12.1 Å². The monoisotopic (exact) mass is 506 g/mol. The van der Waals surface area contributed by atoms with Gasteiger partial charge in [0.2, 0.25) is 11.8 Å². The van der Waals surface area contributed by atoms with E-state index < -0.39 is 24.2 Å². The zero-order valence-electron chi connectivity index (χ0n) is 18.7. The van der Waals surface area contributed by atoms with Gasteiger partial charge in [-0.3, -0.25) is 9.59 Å². The van der Waals surface area contributed by atoms with Crippen molar-refractivity contribution in [2.45, 2.75) is 43.9 Å². The molecule has 1 saturated heterocycles. The minimum absolute atomic E-state index is 0.0638. The van der Waals surface area contributed by atoms with E-state index >= 15 is 0 Å². The van der Waals surface area contributed by atoms with E-state index in [0.717, 1.165) is 31.3 Å². The topological polar surface area (TPSA) is 82.8 Å². The van der Waals surface area contributed by atoms with E-state index in [4.69, 9.17) is 11.6 Å². The fourth-order valence-corrected chi connectivity index (χ4v) is 5.01. The Balaban J connectivity index is 1.44. The van der Waals surface area contributed by atoms with Crippen LogP contribution in [0.4, 0.5) is 24.5 Å². The van der Waals surface area contributed by atoms with Crippen LogP contribution in [0.2, 0.25) is 5.15 Å². The number of amides is 2. The number of rotatable bonds is 4. The predicted octanol–water partition coefficient (Wildman–Crippen LogP) is 3.81. The van der Waals surface area contributed by atoms with Gasteiger partial charge >= 0.3 is 6.18 Å². The van der Waals surface area contributed by atoms with Crippen molar-refractivity contribution < 1.29 is 22.8 Å². The molecule has 2 atom stereocenters. The number of likely N-dealkylation sites (N-methyl/N-ethyl adjacent to an activating group) is 1. The van der Waals surface area contributed by atoms with Crippen LogP contribution in [-0.2, 0) is 16.0 Å². The summed E-state index contributed by atoms with van der Waals surface area (Å²) >= 11 is 6.03. The molecule has 8 nitrogen and oxygen atoms in total. The number of anilines is 2. The van der Waals surface area contributed by atoms with Crippen LogP contribution in [-0.4, -0.2) is 57.1 Å². The summed E-state index contributed by atoms with van der Waals surface area (Å²) < 4.78 is 43.9. The van der Waals surface area contributed by atoms with Gasteiger partial charge in [-0.1, -0.05) is 23.7 Å². The van der Waals surface area contributed by atoms with Gasteiger partial charge in [-0.15, -0.1) is 0 Å². The van der Waals surface area contributed by atoms with Gasteiger partial charge in [-0.25, -0.2) is 9.50 Å². The molecule has 1 aromatic carbocycles. The van der Waals surface area contributed by atoms with Crippen molar-refractivity contribution in [2.24, 2.45) is 0 Å². The van der Waals surface area contributed by atoms with Crippen molar-refractivity contribution in [3.8, 4) is 0 Å². The maximum absolute atomic E-state index is 14.1. The maximum Gasteiger partial charge on any atom is 0.413 e. The molecule has 2 aromatic heterocycles. The number of aromatic nitrogens is 3. The van der Waals surface area contributed by atoms with Crippen LogP contribution in [0.5, 0.6) is 0 Å². The quantitative estimate of drug-likeness (QED) is 0.582. The summed E-state index contributed by atoms with van der Waals surface area (Å²) in [7, 11) is 1.12. The second kappa shape index (κ2) is 8.71. The van der Waals surface area contributed by atoms with E-state index in [1.54, 1.807) is 28.9 Å². The van der Waals surface area contributed by atoms with Crippen molar-refractivity contribution in [3.05, 3.63) is 52.9 Å². The molecule has 4 heterocycles. The molecule has 0 radical (unpaired) electrons. The summed E-state index contributed by atoms with van der Waals surface area (Å²) in [6.45, 7) is 0.664. The molecular formula is C23H22ClF3N6O2. The lowest BCUT2D eigenvalue weighted by molar-refractivity contribution is -0.189. The summed E-state index contributed by atoms with van der Waals surface area (Å²) in [5.41, 5.74) is 3.01. The summed E-state index contributed by atoms with van der Waals surface area (Å²) in [5.74, 6) is -1.10. The minimum atomic E-state index is -4.69. The number of aryl methyl sites for hydroxylation is 1. The van der Waals surface area contributed by atoms with Crippen LogP contribution in [0.1, 0.15) is 36.6 Å². The first-order chi connectivity index (χ1) is 16.6.